The quantitative estimate of drug-likeness (QED) is 0.161. The van der Waals surface area contributed by atoms with E-state index in [0.717, 1.165) is 26.0 Å². The van der Waals surface area contributed by atoms with Gasteiger partial charge in [0.2, 0.25) is 0 Å². The van der Waals surface area contributed by atoms with Gasteiger partial charge in [-0.3, -0.25) is 10.1 Å². The molecule has 2 N–H and O–H groups in total. The van der Waals surface area contributed by atoms with Crippen molar-refractivity contribution >= 4 is 53.9 Å². The molecule has 0 unspecified atom stereocenters. The van der Waals surface area contributed by atoms with Gasteiger partial charge in [-0.25, -0.2) is 0 Å². The number of nitro groups is 1. The first-order valence-corrected chi connectivity index (χ1v) is 9.90. The molecule has 0 saturated carbocycles. The van der Waals surface area contributed by atoms with E-state index in [9.17, 15) is 20.3 Å². The van der Waals surface area contributed by atoms with Gasteiger partial charge in [0.15, 0.2) is 0 Å². The number of halogens is 1. The zero-order valence-electron chi connectivity index (χ0n) is 15.6. The molecule has 148 valence electrons. The number of hydrogen-bond acceptors (Lipinski definition) is 4. The molecule has 0 atom stereocenters. The molecule has 5 aromatic carbocycles. The molecule has 0 aliphatic rings. The highest BCUT2D eigenvalue weighted by molar-refractivity contribution is 9.10. The molecule has 5 nitrogen and oxygen atoms in total. The Bertz CT molecular complexity index is 1370. The fourth-order valence-corrected chi connectivity index (χ4v) is 3.87. The van der Waals surface area contributed by atoms with Crippen LogP contribution in [0, 0.1) is 10.1 Å². The lowest BCUT2D eigenvalue weighted by atomic mass is 10.0. The number of fused-ring (bicyclic) bond motifs is 3. The second-order valence-corrected chi connectivity index (χ2v) is 7.58. The third kappa shape index (κ3) is 3.65. The van der Waals surface area contributed by atoms with E-state index in [1.807, 2.05) is 60.7 Å². The summed E-state index contributed by atoms with van der Waals surface area (Å²) < 4.78 is 1.01. The fraction of sp³-hybridized carbons (Fsp3) is 0. The Balaban J connectivity index is 0.000000158. The highest BCUT2D eigenvalue weighted by Gasteiger charge is 2.10. The van der Waals surface area contributed by atoms with Crippen LogP contribution in [0.4, 0.5) is 5.69 Å². The Labute approximate surface area is 180 Å². The first kappa shape index (κ1) is 19.7. The molecule has 0 aliphatic heterocycles. The van der Waals surface area contributed by atoms with Crippen LogP contribution in [-0.4, -0.2) is 15.1 Å². The van der Waals surface area contributed by atoms with Crippen molar-refractivity contribution in [1.29, 1.82) is 0 Å². The lowest BCUT2D eigenvalue weighted by Gasteiger charge is -2.05. The van der Waals surface area contributed by atoms with Gasteiger partial charge in [-0.15, -0.1) is 0 Å². The van der Waals surface area contributed by atoms with Gasteiger partial charge in [0.25, 0.3) is 5.69 Å². The van der Waals surface area contributed by atoms with Crippen LogP contribution in [0.25, 0.3) is 32.3 Å². The van der Waals surface area contributed by atoms with Crippen LogP contribution < -0.4 is 0 Å². The maximum absolute atomic E-state index is 10.7. The molecule has 5 aromatic rings. The molecule has 0 aliphatic carbocycles. The van der Waals surface area contributed by atoms with Gasteiger partial charge in [-0.1, -0.05) is 64.5 Å². The molecule has 0 saturated heterocycles. The third-order valence-electron chi connectivity index (χ3n) is 4.88. The van der Waals surface area contributed by atoms with Gasteiger partial charge < -0.3 is 10.2 Å². The summed E-state index contributed by atoms with van der Waals surface area (Å²) in [5, 5.41) is 35.2. The first-order valence-electron chi connectivity index (χ1n) is 9.11. The number of phenols is 2. The zero-order chi connectivity index (χ0) is 21.3. The number of aromatic hydroxyl groups is 2. The fourth-order valence-electron chi connectivity index (χ4n) is 3.40. The van der Waals surface area contributed by atoms with E-state index in [0.29, 0.717) is 16.5 Å². The highest BCUT2D eigenvalue weighted by atomic mass is 79.9. The predicted molar refractivity (Wildman–Crippen MR) is 123 cm³/mol. The van der Waals surface area contributed by atoms with E-state index < -0.39 is 4.92 Å². The Kier molecular flexibility index (Phi) is 5.25. The summed E-state index contributed by atoms with van der Waals surface area (Å²) in [6.07, 6.45) is 0. The minimum atomic E-state index is -0.439. The third-order valence-corrected chi connectivity index (χ3v) is 5.57. The summed E-state index contributed by atoms with van der Waals surface area (Å²) in [4.78, 5) is 10.3. The number of rotatable bonds is 1. The molecular formula is C24H16BrNO4. The topological polar surface area (TPSA) is 83.6 Å². The molecule has 0 fully saturated rings. The summed E-state index contributed by atoms with van der Waals surface area (Å²) >= 11 is 3.42. The molecule has 0 heterocycles. The van der Waals surface area contributed by atoms with Crippen molar-refractivity contribution in [1.82, 2.24) is 0 Å². The van der Waals surface area contributed by atoms with E-state index in [2.05, 4.69) is 15.9 Å². The zero-order valence-corrected chi connectivity index (χ0v) is 17.2. The van der Waals surface area contributed by atoms with Crippen molar-refractivity contribution < 1.29 is 15.1 Å². The largest absolute Gasteiger partial charge is 0.507 e. The van der Waals surface area contributed by atoms with Gasteiger partial charge in [0.05, 0.1) is 4.92 Å². The van der Waals surface area contributed by atoms with E-state index in [-0.39, 0.29) is 11.4 Å². The minimum Gasteiger partial charge on any atom is -0.507 e. The highest BCUT2D eigenvalue weighted by Crippen LogP contribution is 2.35. The molecule has 6 heteroatoms. The summed E-state index contributed by atoms with van der Waals surface area (Å²) in [5.41, 5.74) is 0.0252. The minimum absolute atomic E-state index is 0.0252. The van der Waals surface area contributed by atoms with Crippen LogP contribution in [0.3, 0.4) is 0 Å². The molecule has 30 heavy (non-hydrogen) atoms. The Morgan fingerprint density at radius 3 is 2.03 bits per heavy atom. The lowest BCUT2D eigenvalue weighted by Crippen LogP contribution is -1.87. The summed E-state index contributed by atoms with van der Waals surface area (Å²) in [6, 6.07) is 25.0. The molecule has 0 amide bonds. The molecule has 0 radical (unpaired) electrons. The van der Waals surface area contributed by atoms with Gasteiger partial charge in [0.1, 0.15) is 11.5 Å². The monoisotopic (exact) mass is 461 g/mol. The lowest BCUT2D eigenvalue weighted by molar-refractivity contribution is -0.384. The Morgan fingerprint density at radius 2 is 1.33 bits per heavy atom. The number of non-ortho nitro benzene ring substituents is 1. The van der Waals surface area contributed by atoms with Crippen LogP contribution in [0.15, 0.2) is 89.4 Å². The number of phenolic OH excluding ortho intramolecular Hbond substituents is 2. The number of benzene rings is 5. The van der Waals surface area contributed by atoms with E-state index in [1.54, 1.807) is 12.1 Å². The van der Waals surface area contributed by atoms with E-state index in [4.69, 9.17) is 0 Å². The Hall–Kier alpha value is -3.64. The summed E-state index contributed by atoms with van der Waals surface area (Å²) in [5.74, 6) is 0.492. The number of hydrogen-bond donors (Lipinski definition) is 2. The van der Waals surface area contributed by atoms with Crippen LogP contribution in [0.5, 0.6) is 11.5 Å². The van der Waals surface area contributed by atoms with Crippen molar-refractivity contribution in [3.8, 4) is 11.5 Å². The molecule has 0 bridgehead atoms. The van der Waals surface area contributed by atoms with Crippen molar-refractivity contribution in [2.45, 2.75) is 0 Å². The number of nitro benzene ring substituents is 1. The van der Waals surface area contributed by atoms with Crippen LogP contribution >= 0.6 is 15.9 Å². The summed E-state index contributed by atoms with van der Waals surface area (Å²) in [6.45, 7) is 0. The van der Waals surface area contributed by atoms with Crippen molar-refractivity contribution in [3.05, 3.63) is 99.5 Å². The Morgan fingerprint density at radius 1 is 0.700 bits per heavy atom. The van der Waals surface area contributed by atoms with Gasteiger partial charge in [-0.2, -0.15) is 0 Å². The van der Waals surface area contributed by atoms with Crippen LogP contribution in [-0.2, 0) is 0 Å². The normalized spacial score (nSPS) is 10.7. The first-order chi connectivity index (χ1) is 14.5. The van der Waals surface area contributed by atoms with Crippen molar-refractivity contribution in [2.24, 2.45) is 0 Å². The average molecular weight is 462 g/mol. The van der Waals surface area contributed by atoms with Gasteiger partial charge in [-0.05, 0) is 40.4 Å². The van der Waals surface area contributed by atoms with Gasteiger partial charge >= 0.3 is 0 Å². The molecule has 0 spiro atoms. The smallest absolute Gasteiger partial charge is 0.270 e. The van der Waals surface area contributed by atoms with Crippen molar-refractivity contribution in [2.75, 3.05) is 0 Å². The second kappa shape index (κ2) is 8.00. The molecule has 0 aromatic heterocycles. The maximum atomic E-state index is 10.7. The summed E-state index contributed by atoms with van der Waals surface area (Å²) in [7, 11) is 0. The van der Waals surface area contributed by atoms with Crippen molar-refractivity contribution in [3.63, 3.8) is 0 Å². The molecular weight excluding hydrogens is 446 g/mol. The standard InChI is InChI=1S/C14H9NO3.C10H7BrO/c16-14-12-4-2-1-3-9(12)7-10-8-11(15(17)18)5-6-13(10)14;11-9-5-6-10(12)8-4-2-1-3-7(8)9/h1-8,16H;1-6,12H. The van der Waals surface area contributed by atoms with Crippen LogP contribution in [0.2, 0.25) is 0 Å². The van der Waals surface area contributed by atoms with Crippen LogP contribution in [0.1, 0.15) is 0 Å². The maximum Gasteiger partial charge on any atom is 0.270 e. The number of nitrogens with zero attached hydrogens (tertiary/aromatic N) is 1. The van der Waals surface area contributed by atoms with Gasteiger partial charge in [0, 0.05) is 32.8 Å². The predicted octanol–water partition coefficient (Wildman–Crippen LogP) is 6.91. The second-order valence-electron chi connectivity index (χ2n) is 6.72. The SMILES string of the molecule is O=[N+]([O-])c1ccc2c(O)c3ccccc3cc2c1.Oc1ccc(Br)c2ccccc12. The average Bonchev–Trinajstić information content (AvgIpc) is 2.77. The van der Waals surface area contributed by atoms with E-state index in [1.165, 1.54) is 12.1 Å². The molecule has 5 rings (SSSR count). The van der Waals surface area contributed by atoms with E-state index >= 15 is 0 Å².